The number of rotatable bonds is 41. The van der Waals surface area contributed by atoms with E-state index in [0.717, 1.165) is 41.2 Å². The summed E-state index contributed by atoms with van der Waals surface area (Å²) in [5.74, 6) is -19.4. The second-order valence-corrected chi connectivity index (χ2v) is 25.5. The van der Waals surface area contributed by atoms with Gasteiger partial charge in [-0.3, -0.25) is 76.5 Å². The van der Waals surface area contributed by atoms with Gasteiger partial charge in [-0.25, -0.2) is 4.79 Å². The number of nitrogens with one attached hydrogen (secondary N) is 8. The third-order valence-corrected chi connectivity index (χ3v) is 17.4. The largest absolute Gasteiger partial charge is 0.481 e. The highest BCUT2D eigenvalue weighted by Crippen LogP contribution is 2.29. The molecule has 10 amide bonds. The average molecular weight is 1410 g/mol. The number of carbonyl (C=O) groups excluding carboxylic acids is 10. The summed E-state index contributed by atoms with van der Waals surface area (Å²) in [4.78, 5) is 213. The van der Waals surface area contributed by atoms with Gasteiger partial charge < -0.3 is 87.2 Å². The zero-order valence-corrected chi connectivity index (χ0v) is 55.2. The van der Waals surface area contributed by atoms with Crippen molar-refractivity contribution in [3.05, 3.63) is 29.8 Å². The summed E-state index contributed by atoms with van der Waals surface area (Å²) in [7, 11) is -4.93. The number of carboxylic acids is 6. The minimum atomic E-state index is -4.93. The molecule has 37 heteroatoms. The van der Waals surface area contributed by atoms with Gasteiger partial charge in [0.05, 0.1) is 6.42 Å². The first-order valence-electron chi connectivity index (χ1n) is 32.2. The zero-order chi connectivity index (χ0) is 73.1. The highest BCUT2D eigenvalue weighted by molar-refractivity contribution is 7.81. The third-order valence-electron chi connectivity index (χ3n) is 17.0. The molecular weight excluding hydrogens is 1320 g/mol. The second-order valence-electron chi connectivity index (χ2n) is 24.5. The number of carbonyl (C=O) groups is 16. The van der Waals surface area contributed by atoms with E-state index >= 15 is 0 Å². The van der Waals surface area contributed by atoms with E-state index in [0.29, 0.717) is 12.8 Å². The highest BCUT2D eigenvalue weighted by atomic mass is 32.3. The van der Waals surface area contributed by atoms with Crippen molar-refractivity contribution < 1.29 is 125 Å². The Hall–Kier alpha value is -9.55. The van der Waals surface area contributed by atoms with Crippen LogP contribution in [0, 0.1) is 11.8 Å². The molecule has 3 fully saturated rings. The summed E-state index contributed by atoms with van der Waals surface area (Å²) >= 11 is 0. The van der Waals surface area contributed by atoms with Crippen molar-refractivity contribution in [3.8, 4) is 5.75 Å². The number of likely N-dealkylation sites (tertiary alicyclic amines) is 2. The molecule has 0 bridgehead atoms. The number of carboxylic acid groups (broad SMARTS) is 6. The van der Waals surface area contributed by atoms with Crippen LogP contribution in [0.5, 0.6) is 5.75 Å². The molecule has 15 N–H and O–H groups in total. The molecule has 3 aliphatic rings. The van der Waals surface area contributed by atoms with Crippen LogP contribution < -0.4 is 46.7 Å². The Kier molecular flexibility index (Phi) is 32.2. The van der Waals surface area contributed by atoms with Crippen LogP contribution in [-0.2, 0) is 93.5 Å². The van der Waals surface area contributed by atoms with Crippen molar-refractivity contribution in [1.29, 1.82) is 0 Å². The van der Waals surface area contributed by atoms with Gasteiger partial charge in [0.1, 0.15) is 66.2 Å². The SMILES string of the molecule is CC[C@H](C)[C@H](NC(=O)[C@@H]1CCCN1C(=O)[C@H](CCC(=O)O)NC(=O)[C@H](Cc1ccc(OS(=O)(=O)O)cc1)NC(=O)CCC(=O)O)C(=O)N1CCC[C@H]1C(=O)N[C@@H](CCC(=O)O)C(=O)N[C@@H](CCC(=O)O)C(=O)N[C@@H](C)C(=O)N[C@@H](CC1CCCCC1)C(=O)N[C@H](CCC(=O)O)C(=O)O. The maximum atomic E-state index is 14.7. The van der Waals surface area contributed by atoms with E-state index in [2.05, 4.69) is 46.7 Å². The minimum absolute atomic E-state index is 0.00146. The Morgan fingerprint density at radius 1 is 0.480 bits per heavy atom. The van der Waals surface area contributed by atoms with Crippen LogP contribution in [0.15, 0.2) is 24.3 Å². The summed E-state index contributed by atoms with van der Waals surface area (Å²) in [5, 5.41) is 76.4. The molecule has 2 heterocycles. The molecule has 1 aliphatic carbocycles. The van der Waals surface area contributed by atoms with Gasteiger partial charge >= 0.3 is 46.2 Å². The topological polar surface area (TPSA) is 561 Å². The predicted octanol–water partition coefficient (Wildman–Crippen LogP) is -1.28. The second kappa shape index (κ2) is 39.0. The van der Waals surface area contributed by atoms with E-state index in [1.54, 1.807) is 13.8 Å². The van der Waals surface area contributed by atoms with Crippen molar-refractivity contribution in [1.82, 2.24) is 52.3 Å². The lowest BCUT2D eigenvalue weighted by Gasteiger charge is -2.34. The Bertz CT molecular complexity index is 3200. The number of amides is 10. The number of aliphatic carboxylic acids is 6. The van der Waals surface area contributed by atoms with E-state index in [1.807, 2.05) is 0 Å². The fraction of sp³-hybridized carbons (Fsp3) is 0.639. The molecule has 0 radical (unpaired) electrons. The molecule has 0 spiro atoms. The minimum Gasteiger partial charge on any atom is -0.481 e. The van der Waals surface area contributed by atoms with Gasteiger partial charge in [0.25, 0.3) is 0 Å². The fourth-order valence-corrected chi connectivity index (χ4v) is 11.9. The monoisotopic (exact) mass is 1410 g/mol. The third kappa shape index (κ3) is 27.2. The predicted molar refractivity (Wildman–Crippen MR) is 336 cm³/mol. The molecule has 544 valence electrons. The molecular formula is C61H88N10O26S. The van der Waals surface area contributed by atoms with Crippen molar-refractivity contribution in [3.63, 3.8) is 0 Å². The van der Waals surface area contributed by atoms with Gasteiger partial charge in [0.15, 0.2) is 0 Å². The van der Waals surface area contributed by atoms with Gasteiger partial charge in [0.2, 0.25) is 59.1 Å². The number of benzene rings is 1. The van der Waals surface area contributed by atoms with E-state index in [-0.39, 0.29) is 75.3 Å². The molecule has 2 aliphatic heterocycles. The number of hydrogen-bond acceptors (Lipinski definition) is 19. The molecule has 0 unspecified atom stereocenters. The van der Waals surface area contributed by atoms with E-state index in [4.69, 9.17) is 14.8 Å². The van der Waals surface area contributed by atoms with E-state index in [1.165, 1.54) is 19.1 Å². The molecule has 0 aromatic heterocycles. The smallest absolute Gasteiger partial charge is 0.446 e. The molecule has 11 atom stereocenters. The maximum absolute atomic E-state index is 14.7. The molecule has 1 aromatic carbocycles. The normalized spacial score (nSPS) is 18.2. The lowest BCUT2D eigenvalue weighted by molar-refractivity contribution is -0.146. The molecule has 1 aromatic rings. The highest BCUT2D eigenvalue weighted by Gasteiger charge is 2.44. The van der Waals surface area contributed by atoms with Gasteiger partial charge in [-0.05, 0) is 94.2 Å². The van der Waals surface area contributed by atoms with Crippen LogP contribution in [0.1, 0.15) is 161 Å². The molecule has 36 nitrogen and oxygen atoms in total. The first-order chi connectivity index (χ1) is 46.1. The Morgan fingerprint density at radius 3 is 1.43 bits per heavy atom. The van der Waals surface area contributed by atoms with Crippen molar-refractivity contribution in [2.75, 3.05) is 13.1 Å². The molecule has 1 saturated carbocycles. The first kappa shape index (κ1) is 80.9. The van der Waals surface area contributed by atoms with Crippen molar-refractivity contribution in [2.24, 2.45) is 11.8 Å². The van der Waals surface area contributed by atoms with E-state index < -0.39 is 236 Å². The summed E-state index contributed by atoms with van der Waals surface area (Å²) in [6, 6.07) is -10.7. The quantitative estimate of drug-likeness (QED) is 0.0339. The molecule has 4 rings (SSSR count). The maximum Gasteiger partial charge on any atom is 0.446 e. The van der Waals surface area contributed by atoms with Crippen molar-refractivity contribution >= 4 is 105 Å². The van der Waals surface area contributed by atoms with Gasteiger partial charge in [-0.15, -0.1) is 0 Å². The summed E-state index contributed by atoms with van der Waals surface area (Å²) in [5.41, 5.74) is 0.241. The Labute approximate surface area is 563 Å². The van der Waals surface area contributed by atoms with Crippen LogP contribution in [0.4, 0.5) is 0 Å². The number of nitrogens with zero attached hydrogens (tertiary/aromatic N) is 2. The van der Waals surface area contributed by atoms with Crippen LogP contribution in [-0.4, -0.2) is 222 Å². The molecule has 2 saturated heterocycles. The van der Waals surface area contributed by atoms with Crippen LogP contribution >= 0.6 is 0 Å². The summed E-state index contributed by atoms with van der Waals surface area (Å²) in [6.45, 7) is 4.30. The van der Waals surface area contributed by atoms with Crippen LogP contribution in [0.2, 0.25) is 0 Å². The zero-order valence-electron chi connectivity index (χ0n) is 54.4. The lowest BCUT2D eigenvalue weighted by atomic mass is 9.84. The Balaban J connectivity index is 1.53. The van der Waals surface area contributed by atoms with Gasteiger partial charge in [-0.1, -0.05) is 64.5 Å². The molecule has 98 heavy (non-hydrogen) atoms. The Morgan fingerprint density at radius 2 is 0.918 bits per heavy atom. The number of hydrogen-bond donors (Lipinski definition) is 15. The van der Waals surface area contributed by atoms with Crippen molar-refractivity contribution in [2.45, 2.75) is 222 Å². The van der Waals surface area contributed by atoms with Crippen LogP contribution in [0.3, 0.4) is 0 Å². The van der Waals surface area contributed by atoms with Crippen LogP contribution in [0.25, 0.3) is 0 Å². The van der Waals surface area contributed by atoms with Gasteiger partial charge in [-0.2, -0.15) is 8.42 Å². The summed E-state index contributed by atoms with van der Waals surface area (Å²) in [6.07, 6.45) is -2.13. The average Bonchev–Trinajstić information content (AvgIpc) is 1.59. The first-order valence-corrected chi connectivity index (χ1v) is 33.5. The van der Waals surface area contributed by atoms with Gasteiger partial charge in [0, 0.05) is 51.6 Å². The summed E-state index contributed by atoms with van der Waals surface area (Å²) < 4.78 is 35.9. The standard InChI is InChI=1S/C61H88N10O26S/c1-4-32(2)51(69-58(89)44-13-8-28-70(44)59(90)39(20-25-48(77)78)66-55(86)41(63-45(72)22-27-50(81)82)31-35-14-16-36(17-15-35)97-98(94,95)96)60(91)71-29-9-12-43(71)57(88)65-38(19-24-47(75)76)54(85)64-37(18-23-46(73)74)53(84)62-33(3)52(83)68-42(30-34-10-6-5-7-11-34)56(87)67-40(61(92)93)21-26-49(79)80/h14-17,32-34,37-44,51H,4-13,18-31H2,1-3H3,(H,62,84)(H,63,72)(H,64,85)(H,65,88)(H,66,86)(H,67,87)(H,68,83)(H,69,89)(H,73,74)(H,75,76)(H,77,78)(H,79,80)(H,81,82)(H,92,93)(H,94,95,96)/t32-,33-,37-,38-,39-,40+,41-,42-,43-,44-,51-/m0/s1. The fourth-order valence-electron chi connectivity index (χ4n) is 11.5. The van der Waals surface area contributed by atoms with E-state index in [9.17, 15) is 106 Å². The lowest BCUT2D eigenvalue weighted by Crippen LogP contribution is -2.61.